The van der Waals surface area contributed by atoms with Crippen LogP contribution in [0.2, 0.25) is 0 Å². The maximum absolute atomic E-state index is 8.63. The third-order valence-electron chi connectivity index (χ3n) is 2.04. The molecule has 0 saturated heterocycles. The van der Waals surface area contributed by atoms with Crippen molar-refractivity contribution in [1.29, 1.82) is 0 Å². The van der Waals surface area contributed by atoms with Crippen LogP contribution in [0, 0.1) is 0 Å². The number of hydrogen-bond donors (Lipinski definition) is 3. The van der Waals surface area contributed by atoms with Gasteiger partial charge in [-0.3, -0.25) is 0 Å². The topological polar surface area (TPSA) is 44.3 Å². The molecule has 15 heavy (non-hydrogen) atoms. The molecule has 82 valence electrons. The fourth-order valence-electron chi connectivity index (χ4n) is 1.29. The molecular formula is C11H16N2OS. The number of aliphatic hydroxyl groups is 1. The molecule has 0 saturated carbocycles. The molecule has 1 aromatic rings. The molecule has 0 spiro atoms. The predicted molar refractivity (Wildman–Crippen MR) is 67.1 cm³/mol. The van der Waals surface area contributed by atoms with E-state index in [2.05, 4.69) is 23.6 Å². The van der Waals surface area contributed by atoms with E-state index in [1.54, 1.807) is 0 Å². The number of hydrogen-bond acceptors (Lipinski definition) is 2. The summed E-state index contributed by atoms with van der Waals surface area (Å²) in [6.07, 6.45) is 0.964. The highest BCUT2D eigenvalue weighted by Gasteiger charge is 2.00. The van der Waals surface area contributed by atoms with Gasteiger partial charge in [-0.2, -0.15) is 0 Å². The molecule has 4 heteroatoms. The maximum Gasteiger partial charge on any atom is 0.170 e. The third-order valence-corrected chi connectivity index (χ3v) is 2.29. The number of para-hydroxylation sites is 1. The molecule has 0 heterocycles. The summed E-state index contributed by atoms with van der Waals surface area (Å²) in [6, 6.07) is 8.03. The van der Waals surface area contributed by atoms with Crippen LogP contribution in [-0.4, -0.2) is 23.4 Å². The van der Waals surface area contributed by atoms with Crippen molar-refractivity contribution in [3.05, 3.63) is 29.8 Å². The van der Waals surface area contributed by atoms with Crippen molar-refractivity contribution < 1.29 is 5.11 Å². The Morgan fingerprint density at radius 2 is 2.13 bits per heavy atom. The van der Waals surface area contributed by atoms with E-state index in [4.69, 9.17) is 17.3 Å². The molecule has 0 aliphatic carbocycles. The van der Waals surface area contributed by atoms with Crippen molar-refractivity contribution in [2.24, 2.45) is 0 Å². The predicted octanol–water partition coefficient (Wildman–Crippen LogP) is 1.53. The highest BCUT2D eigenvalue weighted by atomic mass is 32.1. The van der Waals surface area contributed by atoms with Crippen LogP contribution >= 0.6 is 12.2 Å². The molecule has 0 atom stereocenters. The number of nitrogens with one attached hydrogen (secondary N) is 2. The van der Waals surface area contributed by atoms with Crippen molar-refractivity contribution in [2.45, 2.75) is 13.3 Å². The molecule has 0 unspecified atom stereocenters. The third kappa shape index (κ3) is 3.85. The lowest BCUT2D eigenvalue weighted by Gasteiger charge is -2.12. The largest absolute Gasteiger partial charge is 0.395 e. The summed E-state index contributed by atoms with van der Waals surface area (Å²) in [5.74, 6) is 0. The second-order valence-corrected chi connectivity index (χ2v) is 3.52. The van der Waals surface area contributed by atoms with E-state index in [1.165, 1.54) is 5.56 Å². The molecule has 0 radical (unpaired) electrons. The standard InChI is InChI=1S/C11H16N2OS/c1-2-9-5-3-4-6-10(9)13-11(15)12-7-8-14/h3-6,14H,2,7-8H2,1H3,(H2,12,13,15). The maximum atomic E-state index is 8.63. The van der Waals surface area contributed by atoms with E-state index in [9.17, 15) is 0 Å². The zero-order valence-electron chi connectivity index (χ0n) is 8.79. The van der Waals surface area contributed by atoms with E-state index in [0.717, 1.165) is 12.1 Å². The summed E-state index contributed by atoms with van der Waals surface area (Å²) in [6.45, 7) is 2.65. The molecule has 1 aromatic carbocycles. The Morgan fingerprint density at radius 3 is 2.80 bits per heavy atom. The van der Waals surface area contributed by atoms with Gasteiger partial charge in [0.25, 0.3) is 0 Å². The minimum Gasteiger partial charge on any atom is -0.395 e. The zero-order chi connectivity index (χ0) is 11.1. The van der Waals surface area contributed by atoms with Gasteiger partial charge in [0.05, 0.1) is 6.61 Å². The first kappa shape index (κ1) is 11.9. The van der Waals surface area contributed by atoms with Crippen LogP contribution in [-0.2, 0) is 6.42 Å². The van der Waals surface area contributed by atoms with Crippen molar-refractivity contribution in [2.75, 3.05) is 18.5 Å². The summed E-state index contributed by atoms with van der Waals surface area (Å²) >= 11 is 5.08. The molecule has 1 rings (SSSR count). The highest BCUT2D eigenvalue weighted by Crippen LogP contribution is 2.14. The second kappa shape index (κ2) is 6.37. The van der Waals surface area contributed by atoms with E-state index in [-0.39, 0.29) is 6.61 Å². The molecule has 0 aliphatic rings. The van der Waals surface area contributed by atoms with Crippen molar-refractivity contribution in [1.82, 2.24) is 5.32 Å². The summed E-state index contributed by atoms with van der Waals surface area (Å²) < 4.78 is 0. The van der Waals surface area contributed by atoms with Crippen LogP contribution in [0.4, 0.5) is 5.69 Å². The van der Waals surface area contributed by atoms with Crippen molar-refractivity contribution >= 4 is 23.0 Å². The van der Waals surface area contributed by atoms with Crippen LogP contribution in [0.3, 0.4) is 0 Å². The van der Waals surface area contributed by atoms with E-state index >= 15 is 0 Å². The molecule has 0 aromatic heterocycles. The number of aliphatic hydroxyl groups excluding tert-OH is 1. The molecule has 0 aliphatic heterocycles. The lowest BCUT2D eigenvalue weighted by Crippen LogP contribution is -2.31. The van der Waals surface area contributed by atoms with Gasteiger partial charge in [0.2, 0.25) is 0 Å². The Labute approximate surface area is 95.5 Å². The lowest BCUT2D eigenvalue weighted by molar-refractivity contribution is 0.301. The molecule has 3 N–H and O–H groups in total. The summed E-state index contributed by atoms with van der Waals surface area (Å²) in [4.78, 5) is 0. The number of thiocarbonyl (C=S) groups is 1. The average molecular weight is 224 g/mol. The summed E-state index contributed by atoms with van der Waals surface area (Å²) in [7, 11) is 0. The lowest BCUT2D eigenvalue weighted by atomic mass is 10.1. The second-order valence-electron chi connectivity index (χ2n) is 3.12. The van der Waals surface area contributed by atoms with Gasteiger partial charge in [-0.05, 0) is 30.3 Å². The van der Waals surface area contributed by atoms with Gasteiger partial charge < -0.3 is 15.7 Å². The Morgan fingerprint density at radius 1 is 1.40 bits per heavy atom. The van der Waals surface area contributed by atoms with Gasteiger partial charge in [-0.25, -0.2) is 0 Å². The van der Waals surface area contributed by atoms with E-state index < -0.39 is 0 Å². The van der Waals surface area contributed by atoms with Gasteiger partial charge in [0.1, 0.15) is 0 Å². The van der Waals surface area contributed by atoms with Gasteiger partial charge in [-0.15, -0.1) is 0 Å². The Hall–Kier alpha value is -1.13. The SMILES string of the molecule is CCc1ccccc1NC(=S)NCCO. The number of anilines is 1. The highest BCUT2D eigenvalue weighted by molar-refractivity contribution is 7.80. The van der Waals surface area contributed by atoms with E-state index in [1.807, 2.05) is 18.2 Å². The number of rotatable bonds is 4. The van der Waals surface area contributed by atoms with Gasteiger partial charge >= 0.3 is 0 Å². The van der Waals surface area contributed by atoms with Gasteiger partial charge in [0, 0.05) is 12.2 Å². The van der Waals surface area contributed by atoms with Crippen LogP contribution in [0.5, 0.6) is 0 Å². The minimum atomic E-state index is 0.0806. The van der Waals surface area contributed by atoms with Gasteiger partial charge in [-0.1, -0.05) is 25.1 Å². The first-order valence-electron chi connectivity index (χ1n) is 5.01. The quantitative estimate of drug-likeness (QED) is 0.679. The summed E-state index contributed by atoms with van der Waals surface area (Å²) in [5.41, 5.74) is 2.25. The Bertz CT molecular complexity index is 328. The van der Waals surface area contributed by atoms with Crippen LogP contribution < -0.4 is 10.6 Å². The normalized spacial score (nSPS) is 9.73. The minimum absolute atomic E-state index is 0.0806. The van der Waals surface area contributed by atoms with Crippen LogP contribution in [0.1, 0.15) is 12.5 Å². The summed E-state index contributed by atoms with van der Waals surface area (Å²) in [5, 5.41) is 15.2. The Kier molecular flexibility index (Phi) is 5.07. The molecule has 0 amide bonds. The molecular weight excluding hydrogens is 208 g/mol. The zero-order valence-corrected chi connectivity index (χ0v) is 9.60. The molecule has 0 bridgehead atoms. The monoisotopic (exact) mass is 224 g/mol. The fraction of sp³-hybridized carbons (Fsp3) is 0.364. The molecule has 0 fully saturated rings. The number of benzene rings is 1. The van der Waals surface area contributed by atoms with Crippen molar-refractivity contribution in [3.8, 4) is 0 Å². The van der Waals surface area contributed by atoms with Gasteiger partial charge in [0.15, 0.2) is 5.11 Å². The first-order chi connectivity index (χ1) is 7.27. The average Bonchev–Trinajstić information content (AvgIpc) is 2.27. The number of aryl methyl sites for hydroxylation is 1. The van der Waals surface area contributed by atoms with Crippen LogP contribution in [0.15, 0.2) is 24.3 Å². The molecule has 3 nitrogen and oxygen atoms in total. The van der Waals surface area contributed by atoms with Crippen LogP contribution in [0.25, 0.3) is 0 Å². The smallest absolute Gasteiger partial charge is 0.170 e. The first-order valence-corrected chi connectivity index (χ1v) is 5.42. The van der Waals surface area contributed by atoms with Crippen molar-refractivity contribution in [3.63, 3.8) is 0 Å². The van der Waals surface area contributed by atoms with E-state index in [0.29, 0.717) is 11.7 Å². The Balaban J connectivity index is 2.59. The fourth-order valence-corrected chi connectivity index (χ4v) is 1.50.